The van der Waals surface area contributed by atoms with E-state index < -0.39 is 0 Å². The Kier molecular flexibility index (Phi) is 6.11. The third-order valence-electron chi connectivity index (χ3n) is 5.61. The van der Waals surface area contributed by atoms with Crippen molar-refractivity contribution in [3.8, 4) is 0 Å². The highest BCUT2D eigenvalue weighted by Gasteiger charge is 2.66. The molecule has 1 saturated carbocycles. The molecule has 0 saturated heterocycles. The molecule has 1 heteroatoms. The van der Waals surface area contributed by atoms with Gasteiger partial charge in [0.25, 0.3) is 0 Å². The number of allylic oxidation sites excluding steroid dienone is 1. The van der Waals surface area contributed by atoms with Crippen LogP contribution in [0.2, 0.25) is 0 Å². The zero-order valence-corrected chi connectivity index (χ0v) is 13.9. The summed E-state index contributed by atoms with van der Waals surface area (Å²) in [6, 6.07) is 0.716. The van der Waals surface area contributed by atoms with Crippen LogP contribution < -0.4 is 5.32 Å². The molecule has 0 spiro atoms. The van der Waals surface area contributed by atoms with Crippen molar-refractivity contribution >= 4 is 0 Å². The van der Waals surface area contributed by atoms with E-state index in [0.717, 1.165) is 5.92 Å². The molecule has 0 aromatic heterocycles. The summed E-state index contributed by atoms with van der Waals surface area (Å²) in [4.78, 5) is 0. The third-order valence-corrected chi connectivity index (χ3v) is 5.61. The summed E-state index contributed by atoms with van der Waals surface area (Å²) in [6.07, 6.45) is 9.81. The van der Waals surface area contributed by atoms with Crippen molar-refractivity contribution in [3.05, 3.63) is 12.7 Å². The van der Waals surface area contributed by atoms with Crippen LogP contribution in [0.4, 0.5) is 0 Å². The lowest BCUT2D eigenvalue weighted by Gasteiger charge is -2.21. The summed E-state index contributed by atoms with van der Waals surface area (Å²) in [5.74, 6) is 0.839. The van der Waals surface area contributed by atoms with Crippen molar-refractivity contribution in [1.29, 1.82) is 0 Å². The smallest absolute Gasteiger partial charge is 0.0106 e. The monoisotopic (exact) mass is 265 g/mol. The largest absolute Gasteiger partial charge is 0.314 e. The first kappa shape index (κ1) is 16.8. The Hall–Kier alpha value is -0.300. The van der Waals surface area contributed by atoms with Crippen molar-refractivity contribution < 1.29 is 0 Å². The topological polar surface area (TPSA) is 12.0 Å². The lowest BCUT2D eigenvalue weighted by molar-refractivity contribution is 0.365. The van der Waals surface area contributed by atoms with E-state index in [4.69, 9.17) is 0 Å². The summed E-state index contributed by atoms with van der Waals surface area (Å²) in [7, 11) is 0. The van der Waals surface area contributed by atoms with Crippen molar-refractivity contribution in [1.82, 2.24) is 5.32 Å². The Morgan fingerprint density at radius 2 is 1.74 bits per heavy atom. The van der Waals surface area contributed by atoms with E-state index in [0.29, 0.717) is 16.9 Å². The third kappa shape index (κ3) is 3.84. The molecule has 1 atom stereocenters. The van der Waals surface area contributed by atoms with Gasteiger partial charge in [-0.1, -0.05) is 53.5 Å². The minimum atomic E-state index is 0.500. The van der Waals surface area contributed by atoms with Crippen LogP contribution in [0.15, 0.2) is 12.7 Å². The van der Waals surface area contributed by atoms with Gasteiger partial charge in [-0.3, -0.25) is 0 Å². The molecule has 1 unspecified atom stereocenters. The summed E-state index contributed by atoms with van der Waals surface area (Å²) in [5, 5.41) is 3.81. The number of unbranched alkanes of at least 4 members (excludes halogenated alkanes) is 3. The van der Waals surface area contributed by atoms with Gasteiger partial charge in [-0.25, -0.2) is 0 Å². The van der Waals surface area contributed by atoms with Gasteiger partial charge in [0.05, 0.1) is 0 Å². The van der Waals surface area contributed by atoms with Crippen LogP contribution in [-0.2, 0) is 0 Å². The van der Waals surface area contributed by atoms with Crippen LogP contribution in [-0.4, -0.2) is 12.6 Å². The summed E-state index contributed by atoms with van der Waals surface area (Å²) < 4.78 is 0. The second-order valence-electron chi connectivity index (χ2n) is 7.41. The molecule has 1 fully saturated rings. The quantitative estimate of drug-likeness (QED) is 0.424. The number of hydrogen-bond acceptors (Lipinski definition) is 1. The van der Waals surface area contributed by atoms with Gasteiger partial charge in [-0.05, 0) is 49.0 Å². The van der Waals surface area contributed by atoms with E-state index in [1.807, 2.05) is 6.08 Å². The van der Waals surface area contributed by atoms with Gasteiger partial charge < -0.3 is 5.32 Å². The van der Waals surface area contributed by atoms with Gasteiger partial charge >= 0.3 is 0 Å². The molecule has 1 rings (SSSR count). The highest BCUT2D eigenvalue weighted by atomic mass is 15.0. The summed E-state index contributed by atoms with van der Waals surface area (Å²) >= 11 is 0. The van der Waals surface area contributed by atoms with E-state index in [9.17, 15) is 0 Å². The fourth-order valence-electron chi connectivity index (χ4n) is 3.80. The highest BCUT2D eigenvalue weighted by Crippen LogP contribution is 2.70. The average molecular weight is 265 g/mol. The van der Waals surface area contributed by atoms with Crippen LogP contribution in [0.1, 0.15) is 73.1 Å². The Bertz CT molecular complexity index is 263. The van der Waals surface area contributed by atoms with Gasteiger partial charge in [0.2, 0.25) is 0 Å². The first-order valence-electron chi connectivity index (χ1n) is 8.23. The van der Waals surface area contributed by atoms with Gasteiger partial charge in [0.1, 0.15) is 0 Å². The predicted octanol–water partition coefficient (Wildman–Crippen LogP) is 5.17. The molecule has 0 heterocycles. The van der Waals surface area contributed by atoms with Crippen LogP contribution in [0.5, 0.6) is 0 Å². The summed E-state index contributed by atoms with van der Waals surface area (Å²) in [5.41, 5.74) is 0.999. The van der Waals surface area contributed by atoms with Crippen molar-refractivity contribution in [2.75, 3.05) is 6.54 Å². The zero-order chi connectivity index (χ0) is 14.5. The van der Waals surface area contributed by atoms with Gasteiger partial charge in [0.15, 0.2) is 0 Å². The van der Waals surface area contributed by atoms with E-state index in [1.165, 1.54) is 45.1 Å². The van der Waals surface area contributed by atoms with Gasteiger partial charge in [-0.15, -0.1) is 6.58 Å². The molecule has 1 aliphatic carbocycles. The fraction of sp³-hybridized carbons (Fsp3) is 0.889. The summed E-state index contributed by atoms with van der Waals surface area (Å²) in [6.45, 7) is 17.0. The van der Waals surface area contributed by atoms with E-state index >= 15 is 0 Å². The zero-order valence-electron chi connectivity index (χ0n) is 13.9. The van der Waals surface area contributed by atoms with Gasteiger partial charge in [-0.2, -0.15) is 0 Å². The number of hydrogen-bond donors (Lipinski definition) is 1. The Labute approximate surface area is 121 Å². The Morgan fingerprint density at radius 1 is 1.11 bits per heavy atom. The molecule has 0 aromatic rings. The molecule has 1 N–H and O–H groups in total. The lowest BCUT2D eigenvalue weighted by Crippen LogP contribution is -2.34. The van der Waals surface area contributed by atoms with Crippen molar-refractivity contribution in [2.45, 2.75) is 79.2 Å². The Morgan fingerprint density at radius 3 is 2.21 bits per heavy atom. The first-order chi connectivity index (χ1) is 8.89. The maximum absolute atomic E-state index is 3.81. The fourth-order valence-corrected chi connectivity index (χ4v) is 3.80. The second kappa shape index (κ2) is 6.92. The van der Waals surface area contributed by atoms with Gasteiger partial charge in [0, 0.05) is 6.04 Å². The lowest BCUT2D eigenvalue weighted by atomic mass is 9.97. The molecule has 19 heavy (non-hydrogen) atoms. The van der Waals surface area contributed by atoms with Crippen LogP contribution in [0.3, 0.4) is 0 Å². The molecular formula is C18H35N. The van der Waals surface area contributed by atoms with Crippen LogP contribution >= 0.6 is 0 Å². The van der Waals surface area contributed by atoms with E-state index in [1.54, 1.807) is 0 Å². The molecule has 0 radical (unpaired) electrons. The molecule has 1 nitrogen and oxygen atoms in total. The molecule has 112 valence electrons. The molecule has 0 aromatic carbocycles. The number of rotatable bonds is 10. The number of nitrogens with one attached hydrogen (secondary N) is 1. The first-order valence-corrected chi connectivity index (χ1v) is 8.23. The standard InChI is InChI=1S/C18H35N/c1-7-9-10-11-12-13-15(19-14-8-2)16-17(3,4)18(16,5)6/h7,15-16,19H,1,8-14H2,2-6H3. The molecule has 0 amide bonds. The van der Waals surface area contributed by atoms with E-state index in [2.05, 4.69) is 46.5 Å². The maximum atomic E-state index is 3.81. The maximum Gasteiger partial charge on any atom is 0.0106 e. The molecule has 0 aliphatic heterocycles. The van der Waals surface area contributed by atoms with Crippen molar-refractivity contribution in [3.63, 3.8) is 0 Å². The highest BCUT2D eigenvalue weighted by molar-refractivity contribution is 5.16. The van der Waals surface area contributed by atoms with Crippen LogP contribution in [0.25, 0.3) is 0 Å². The minimum absolute atomic E-state index is 0.500. The second-order valence-corrected chi connectivity index (χ2v) is 7.41. The average Bonchev–Trinajstić information content (AvgIpc) is 2.74. The van der Waals surface area contributed by atoms with Crippen LogP contribution in [0, 0.1) is 16.7 Å². The predicted molar refractivity (Wildman–Crippen MR) is 86.4 cm³/mol. The molecule has 0 bridgehead atoms. The Balaban J connectivity index is 2.43. The molecular weight excluding hydrogens is 230 g/mol. The molecule has 1 aliphatic rings. The van der Waals surface area contributed by atoms with E-state index in [-0.39, 0.29) is 0 Å². The SMILES string of the molecule is C=CCCCCCC(NCCC)C1C(C)(C)C1(C)C. The van der Waals surface area contributed by atoms with Crippen molar-refractivity contribution in [2.24, 2.45) is 16.7 Å². The normalized spacial score (nSPS) is 22.2. The minimum Gasteiger partial charge on any atom is -0.314 e.